The summed E-state index contributed by atoms with van der Waals surface area (Å²) in [5.74, 6) is 0.285. The summed E-state index contributed by atoms with van der Waals surface area (Å²) in [4.78, 5) is 11.2. The molecule has 0 bridgehead atoms. The molecule has 13 heavy (non-hydrogen) atoms. The Morgan fingerprint density at radius 1 is 1.31 bits per heavy atom. The van der Waals surface area contributed by atoms with Crippen LogP contribution in [0.5, 0.6) is 0 Å². The van der Waals surface area contributed by atoms with Gasteiger partial charge in [0.1, 0.15) is 6.10 Å². The molecule has 0 unspecified atom stereocenters. The molecular formula is C11H10O2. The molecule has 3 aliphatic rings. The van der Waals surface area contributed by atoms with E-state index in [2.05, 4.69) is 18.2 Å². The predicted octanol–water partition coefficient (Wildman–Crippen LogP) is 1.60. The molecule has 3 atom stereocenters. The Hall–Kier alpha value is -1.31. The largest absolute Gasteiger partial charge is 0.457 e. The van der Waals surface area contributed by atoms with Crippen LogP contribution in [0.2, 0.25) is 0 Å². The maximum absolute atomic E-state index is 11.2. The van der Waals surface area contributed by atoms with Gasteiger partial charge in [-0.05, 0) is 6.08 Å². The lowest BCUT2D eigenvalue weighted by Crippen LogP contribution is -2.30. The van der Waals surface area contributed by atoms with Crippen molar-refractivity contribution in [3.05, 3.63) is 36.5 Å². The lowest BCUT2D eigenvalue weighted by atomic mass is 9.72. The molecule has 0 aromatic carbocycles. The van der Waals surface area contributed by atoms with E-state index in [1.807, 2.05) is 18.2 Å². The highest BCUT2D eigenvalue weighted by molar-refractivity contribution is 5.75. The zero-order chi connectivity index (χ0) is 8.89. The smallest absolute Gasteiger partial charge is 0.307 e. The van der Waals surface area contributed by atoms with Crippen LogP contribution in [0, 0.1) is 11.3 Å². The van der Waals surface area contributed by atoms with Gasteiger partial charge in [0.15, 0.2) is 0 Å². The summed E-state index contributed by atoms with van der Waals surface area (Å²) in [6, 6.07) is 0. The van der Waals surface area contributed by atoms with Gasteiger partial charge in [0.2, 0.25) is 0 Å². The highest BCUT2D eigenvalue weighted by Gasteiger charge is 2.53. The molecule has 1 spiro atoms. The van der Waals surface area contributed by atoms with Gasteiger partial charge in [-0.15, -0.1) is 0 Å². The molecule has 2 nitrogen and oxygen atoms in total. The molecule has 1 aliphatic heterocycles. The molecule has 0 aromatic rings. The molecule has 1 fully saturated rings. The second-order valence-corrected chi connectivity index (χ2v) is 3.85. The van der Waals surface area contributed by atoms with Crippen LogP contribution < -0.4 is 0 Å². The zero-order valence-corrected chi connectivity index (χ0v) is 7.14. The number of carbonyl (C=O) groups is 1. The fraction of sp³-hybridized carbons (Fsp3) is 0.364. The van der Waals surface area contributed by atoms with Crippen LogP contribution in [0.1, 0.15) is 6.42 Å². The first kappa shape index (κ1) is 7.13. The second kappa shape index (κ2) is 2.13. The number of hydrogen-bond acceptors (Lipinski definition) is 2. The van der Waals surface area contributed by atoms with Crippen LogP contribution in [-0.4, -0.2) is 12.1 Å². The van der Waals surface area contributed by atoms with E-state index >= 15 is 0 Å². The van der Waals surface area contributed by atoms with Crippen molar-refractivity contribution < 1.29 is 9.53 Å². The van der Waals surface area contributed by atoms with Crippen molar-refractivity contribution in [2.45, 2.75) is 12.5 Å². The Labute approximate surface area is 76.6 Å². The Morgan fingerprint density at radius 3 is 3.15 bits per heavy atom. The molecule has 0 N–H and O–H groups in total. The third kappa shape index (κ3) is 0.755. The van der Waals surface area contributed by atoms with Crippen LogP contribution in [0.15, 0.2) is 36.5 Å². The topological polar surface area (TPSA) is 26.3 Å². The van der Waals surface area contributed by atoms with E-state index in [-0.39, 0.29) is 17.5 Å². The highest BCUT2D eigenvalue weighted by atomic mass is 16.6. The van der Waals surface area contributed by atoms with E-state index in [4.69, 9.17) is 4.74 Å². The quantitative estimate of drug-likeness (QED) is 0.412. The molecule has 2 heteroatoms. The fourth-order valence-corrected chi connectivity index (χ4v) is 2.50. The molecule has 3 rings (SSSR count). The number of carbonyl (C=O) groups excluding carboxylic acids is 1. The maximum Gasteiger partial charge on any atom is 0.307 e. The van der Waals surface area contributed by atoms with E-state index < -0.39 is 0 Å². The van der Waals surface area contributed by atoms with Crippen LogP contribution >= 0.6 is 0 Å². The van der Waals surface area contributed by atoms with Gasteiger partial charge in [-0.25, -0.2) is 0 Å². The van der Waals surface area contributed by atoms with Gasteiger partial charge in [-0.3, -0.25) is 4.79 Å². The van der Waals surface area contributed by atoms with Crippen LogP contribution in [-0.2, 0) is 9.53 Å². The van der Waals surface area contributed by atoms with E-state index in [0.29, 0.717) is 12.3 Å². The van der Waals surface area contributed by atoms with Crippen LogP contribution in [0.3, 0.4) is 0 Å². The van der Waals surface area contributed by atoms with Gasteiger partial charge >= 0.3 is 5.97 Å². The minimum absolute atomic E-state index is 0.0220. The van der Waals surface area contributed by atoms with Crippen molar-refractivity contribution in [1.82, 2.24) is 0 Å². The lowest BCUT2D eigenvalue weighted by molar-refractivity contribution is -0.140. The zero-order valence-electron chi connectivity index (χ0n) is 7.14. The fourth-order valence-electron chi connectivity index (χ4n) is 2.50. The predicted molar refractivity (Wildman–Crippen MR) is 47.8 cm³/mol. The van der Waals surface area contributed by atoms with Crippen molar-refractivity contribution >= 4 is 5.97 Å². The summed E-state index contributed by atoms with van der Waals surface area (Å²) in [6.07, 6.45) is 12.9. The molecule has 2 aliphatic carbocycles. The molecule has 0 aromatic heterocycles. The standard InChI is InChI=1S/C11H10O2/c12-10-7-11-6-2-1-3-8(11)4-5-9(11)13-10/h1-6,8-9H,7H2/t8-,9-,11+/m1/s1. The Morgan fingerprint density at radius 2 is 2.23 bits per heavy atom. The monoisotopic (exact) mass is 174 g/mol. The third-order valence-electron chi connectivity index (χ3n) is 3.19. The van der Waals surface area contributed by atoms with Crippen molar-refractivity contribution in [2.24, 2.45) is 11.3 Å². The minimum atomic E-state index is -0.0775. The van der Waals surface area contributed by atoms with Gasteiger partial charge in [0.25, 0.3) is 0 Å². The van der Waals surface area contributed by atoms with Gasteiger partial charge in [0, 0.05) is 11.3 Å². The first-order chi connectivity index (χ1) is 6.31. The van der Waals surface area contributed by atoms with E-state index in [1.54, 1.807) is 0 Å². The van der Waals surface area contributed by atoms with Gasteiger partial charge < -0.3 is 4.74 Å². The summed E-state index contributed by atoms with van der Waals surface area (Å²) in [5, 5.41) is 0. The van der Waals surface area contributed by atoms with E-state index in [9.17, 15) is 4.79 Å². The SMILES string of the molecule is O=C1C[C@@]23C=CC=C[C@@H]2C=C[C@H]3O1. The van der Waals surface area contributed by atoms with Crippen LogP contribution in [0.25, 0.3) is 0 Å². The van der Waals surface area contributed by atoms with Crippen molar-refractivity contribution in [3.63, 3.8) is 0 Å². The van der Waals surface area contributed by atoms with Crippen molar-refractivity contribution in [2.75, 3.05) is 0 Å². The van der Waals surface area contributed by atoms with Gasteiger partial charge in [-0.1, -0.05) is 30.4 Å². The normalized spacial score (nSPS) is 44.8. The first-order valence-electron chi connectivity index (χ1n) is 4.55. The number of esters is 1. The summed E-state index contributed by atoms with van der Waals surface area (Å²) in [5.41, 5.74) is -0.0775. The molecule has 0 saturated carbocycles. The minimum Gasteiger partial charge on any atom is -0.457 e. The molecule has 0 radical (unpaired) electrons. The summed E-state index contributed by atoms with van der Waals surface area (Å²) in [6.45, 7) is 0. The summed E-state index contributed by atoms with van der Waals surface area (Å²) < 4.78 is 5.23. The van der Waals surface area contributed by atoms with E-state index in [0.717, 1.165) is 0 Å². The van der Waals surface area contributed by atoms with Crippen molar-refractivity contribution in [1.29, 1.82) is 0 Å². The van der Waals surface area contributed by atoms with Gasteiger partial charge in [0.05, 0.1) is 6.42 Å². The molecule has 1 saturated heterocycles. The Balaban J connectivity index is 2.09. The molecule has 1 heterocycles. The number of allylic oxidation sites excluding steroid dienone is 4. The van der Waals surface area contributed by atoms with Crippen LogP contribution in [0.4, 0.5) is 0 Å². The summed E-state index contributed by atoms with van der Waals surface area (Å²) >= 11 is 0. The molecular weight excluding hydrogens is 164 g/mol. The number of rotatable bonds is 0. The summed E-state index contributed by atoms with van der Waals surface area (Å²) in [7, 11) is 0. The lowest BCUT2D eigenvalue weighted by Gasteiger charge is -2.29. The molecule has 66 valence electrons. The number of ether oxygens (including phenoxy) is 1. The van der Waals surface area contributed by atoms with E-state index in [1.165, 1.54) is 0 Å². The third-order valence-corrected chi connectivity index (χ3v) is 3.19. The van der Waals surface area contributed by atoms with Gasteiger partial charge in [-0.2, -0.15) is 0 Å². The Bertz CT molecular complexity index is 351. The highest BCUT2D eigenvalue weighted by Crippen LogP contribution is 2.50. The molecule has 0 amide bonds. The number of hydrogen-bond donors (Lipinski definition) is 0. The Kier molecular flexibility index (Phi) is 1.17. The second-order valence-electron chi connectivity index (χ2n) is 3.85. The average molecular weight is 174 g/mol. The maximum atomic E-state index is 11.2. The average Bonchev–Trinajstić information content (AvgIpc) is 2.57. The van der Waals surface area contributed by atoms with Crippen molar-refractivity contribution in [3.8, 4) is 0 Å². The first-order valence-corrected chi connectivity index (χ1v) is 4.55.